The summed E-state index contributed by atoms with van der Waals surface area (Å²) in [5, 5.41) is 9.83. The molecule has 4 heterocycles. The highest BCUT2D eigenvalue weighted by atomic mass is 19.4. The molecule has 0 atom stereocenters. The number of benzene rings is 2. The Bertz CT molecular complexity index is 2120. The number of alkyl halides is 3. The quantitative estimate of drug-likeness (QED) is 0.163. The first-order valence-corrected chi connectivity index (χ1v) is 13.5. The van der Waals surface area contributed by atoms with Crippen LogP contribution >= 0.6 is 0 Å². The highest BCUT2D eigenvalue weighted by Gasteiger charge is 2.31. The van der Waals surface area contributed by atoms with E-state index >= 15 is 4.39 Å². The molecule has 0 saturated carbocycles. The lowest BCUT2D eigenvalue weighted by Gasteiger charge is -2.14. The summed E-state index contributed by atoms with van der Waals surface area (Å²) < 4.78 is 59.5. The maximum atomic E-state index is 15.0. The number of pyridine rings is 2. The zero-order valence-corrected chi connectivity index (χ0v) is 23.8. The Labute approximate surface area is 254 Å². The highest BCUT2D eigenvalue weighted by Crippen LogP contribution is 2.35. The van der Waals surface area contributed by atoms with Crippen molar-refractivity contribution < 1.29 is 22.4 Å². The molecular weight excluding hydrogens is 586 g/mol. The minimum absolute atomic E-state index is 0.150. The first-order valence-electron chi connectivity index (χ1n) is 13.5. The summed E-state index contributed by atoms with van der Waals surface area (Å²) in [6, 6.07) is 12.5. The molecule has 0 saturated heterocycles. The van der Waals surface area contributed by atoms with Crippen molar-refractivity contribution in [2.75, 3.05) is 10.6 Å². The predicted molar refractivity (Wildman–Crippen MR) is 161 cm³/mol. The average molecular weight is 610 g/mol. The third-order valence-corrected chi connectivity index (χ3v) is 6.92. The predicted octanol–water partition coefficient (Wildman–Crippen LogP) is 6.99. The number of carbonyl (C=O) groups is 1. The smallest absolute Gasteiger partial charge is 0.350 e. The van der Waals surface area contributed by atoms with Gasteiger partial charge in [0.2, 0.25) is 0 Å². The number of carbonyl (C=O) groups excluding carboxylic acids is 1. The van der Waals surface area contributed by atoms with Gasteiger partial charge in [0.05, 0.1) is 34.9 Å². The zero-order chi connectivity index (χ0) is 31.7. The Morgan fingerprint density at radius 2 is 1.80 bits per heavy atom. The molecule has 0 unspecified atom stereocenters. The van der Waals surface area contributed by atoms with Crippen LogP contribution in [0.3, 0.4) is 0 Å². The molecule has 12 heteroatoms. The molecule has 2 aromatic carbocycles. The van der Waals surface area contributed by atoms with Crippen molar-refractivity contribution in [3.8, 4) is 23.0 Å². The molecule has 6 rings (SSSR count). The summed E-state index contributed by atoms with van der Waals surface area (Å²) in [5.74, 6) is 4.24. The molecule has 0 aliphatic heterocycles. The molecule has 1 amide bonds. The minimum Gasteiger partial charge on any atom is -0.350 e. The molecule has 4 aromatic heterocycles. The van der Waals surface area contributed by atoms with E-state index in [9.17, 15) is 18.0 Å². The Kier molecular flexibility index (Phi) is 7.52. The van der Waals surface area contributed by atoms with E-state index < -0.39 is 23.5 Å². The second-order valence-electron chi connectivity index (χ2n) is 10.2. The topological polar surface area (TPSA) is 89.1 Å². The molecule has 2 N–H and O–H groups in total. The largest absolute Gasteiger partial charge is 0.416 e. The summed E-state index contributed by atoms with van der Waals surface area (Å²) >= 11 is 0. The zero-order valence-electron chi connectivity index (χ0n) is 23.8. The van der Waals surface area contributed by atoms with Crippen LogP contribution in [0.4, 0.5) is 34.6 Å². The van der Waals surface area contributed by atoms with E-state index in [1.807, 2.05) is 25.4 Å². The van der Waals surface area contributed by atoms with E-state index in [4.69, 9.17) is 0 Å². The van der Waals surface area contributed by atoms with Gasteiger partial charge in [-0.2, -0.15) is 18.3 Å². The number of anilines is 3. The lowest BCUT2D eigenvalue weighted by molar-refractivity contribution is -0.137. The van der Waals surface area contributed by atoms with E-state index in [1.165, 1.54) is 24.5 Å². The molecule has 0 aliphatic rings. The van der Waals surface area contributed by atoms with Gasteiger partial charge in [-0.25, -0.2) is 9.37 Å². The van der Waals surface area contributed by atoms with Crippen molar-refractivity contribution in [1.82, 2.24) is 24.1 Å². The Hall–Kier alpha value is -5.96. The summed E-state index contributed by atoms with van der Waals surface area (Å²) in [6.45, 7) is 1.65. The standard InChI is InChI=1S/C33H23F4N7O/c1-20-11-29(34)28(32(45)42-25-13-23(22-5-3-9-38-16-22)12-24(15-25)33(35,36)37)14-21(20)7-8-27-18-39-31-30(6-4-10-44(27)31)41-26-17-40-43(2)19-26/h3-6,9-19,41H,1-2H3,(H,42,45). The number of rotatable bonds is 5. The average Bonchev–Trinajstić information content (AvgIpc) is 3.62. The van der Waals surface area contributed by atoms with Crippen molar-refractivity contribution in [1.29, 1.82) is 0 Å². The molecule has 0 bridgehead atoms. The fraction of sp³-hybridized carbons (Fsp3) is 0.0909. The van der Waals surface area contributed by atoms with Crippen LogP contribution in [-0.4, -0.2) is 30.1 Å². The lowest BCUT2D eigenvalue weighted by Crippen LogP contribution is -2.15. The molecule has 0 aliphatic carbocycles. The number of fused-ring (bicyclic) bond motifs is 1. The maximum absolute atomic E-state index is 15.0. The molecule has 0 spiro atoms. The number of aromatic nitrogens is 5. The van der Waals surface area contributed by atoms with Crippen molar-refractivity contribution in [3.63, 3.8) is 0 Å². The van der Waals surface area contributed by atoms with Crippen LogP contribution < -0.4 is 10.6 Å². The summed E-state index contributed by atoms with van der Waals surface area (Å²) in [6.07, 6.45) is 5.13. The SMILES string of the molecule is Cc1cc(F)c(C(=O)Nc2cc(-c3cccnc3)cc(C(F)(F)F)c2)cc1C#Cc1cnc2c(Nc3cnn(C)c3)cccn12. The van der Waals surface area contributed by atoms with Crippen LogP contribution in [0.5, 0.6) is 0 Å². The number of halogens is 4. The Morgan fingerprint density at radius 1 is 0.956 bits per heavy atom. The normalized spacial score (nSPS) is 11.2. The molecule has 45 heavy (non-hydrogen) atoms. The minimum atomic E-state index is -4.68. The van der Waals surface area contributed by atoms with E-state index in [1.54, 1.807) is 46.7 Å². The second-order valence-corrected chi connectivity index (χ2v) is 10.2. The van der Waals surface area contributed by atoms with Gasteiger partial charge in [-0.1, -0.05) is 12.0 Å². The highest BCUT2D eigenvalue weighted by molar-refractivity contribution is 6.05. The number of amides is 1. The van der Waals surface area contributed by atoms with Crippen LogP contribution in [0.2, 0.25) is 0 Å². The van der Waals surface area contributed by atoms with Gasteiger partial charge in [-0.05, 0) is 72.5 Å². The number of imidazole rings is 1. The Balaban J connectivity index is 1.30. The molecule has 224 valence electrons. The van der Waals surface area contributed by atoms with E-state index in [2.05, 4.69) is 37.5 Å². The summed E-state index contributed by atoms with van der Waals surface area (Å²) in [7, 11) is 1.81. The lowest BCUT2D eigenvalue weighted by atomic mass is 10.0. The molecule has 0 radical (unpaired) electrons. The van der Waals surface area contributed by atoms with Crippen LogP contribution in [0.15, 0.2) is 91.8 Å². The van der Waals surface area contributed by atoms with E-state index in [-0.39, 0.29) is 16.8 Å². The van der Waals surface area contributed by atoms with Crippen LogP contribution in [0, 0.1) is 24.6 Å². The van der Waals surface area contributed by atoms with Gasteiger partial charge < -0.3 is 10.6 Å². The van der Waals surface area contributed by atoms with Gasteiger partial charge in [-0.3, -0.25) is 18.9 Å². The third-order valence-electron chi connectivity index (χ3n) is 6.92. The second kappa shape index (κ2) is 11.6. The van der Waals surface area contributed by atoms with Crippen molar-refractivity contribution >= 4 is 28.6 Å². The van der Waals surface area contributed by atoms with Gasteiger partial charge >= 0.3 is 6.18 Å². The maximum Gasteiger partial charge on any atom is 0.416 e. The van der Waals surface area contributed by atoms with Gasteiger partial charge in [0, 0.05) is 48.6 Å². The number of nitrogens with one attached hydrogen (secondary N) is 2. The van der Waals surface area contributed by atoms with Crippen LogP contribution in [0.1, 0.15) is 32.7 Å². The van der Waals surface area contributed by atoms with Crippen LogP contribution in [-0.2, 0) is 13.2 Å². The fourth-order valence-electron chi connectivity index (χ4n) is 4.72. The number of hydrogen-bond acceptors (Lipinski definition) is 5. The van der Waals surface area contributed by atoms with Crippen molar-refractivity contribution in [2.24, 2.45) is 7.05 Å². The van der Waals surface area contributed by atoms with Crippen LogP contribution in [0.25, 0.3) is 16.8 Å². The van der Waals surface area contributed by atoms with Gasteiger partial charge in [-0.15, -0.1) is 0 Å². The van der Waals surface area contributed by atoms with Gasteiger partial charge in [0.25, 0.3) is 5.91 Å². The molecule has 6 aromatic rings. The Morgan fingerprint density at radius 3 is 2.53 bits per heavy atom. The van der Waals surface area contributed by atoms with Gasteiger partial charge in [0.15, 0.2) is 5.65 Å². The number of aryl methyl sites for hydroxylation is 2. The monoisotopic (exact) mass is 609 g/mol. The van der Waals surface area contributed by atoms with Crippen molar-refractivity contribution in [2.45, 2.75) is 13.1 Å². The van der Waals surface area contributed by atoms with E-state index in [0.29, 0.717) is 28.0 Å². The molecular formula is C33H23F4N7O. The molecule has 0 fully saturated rings. The first-order chi connectivity index (χ1) is 21.5. The number of nitrogens with zero attached hydrogens (tertiary/aromatic N) is 5. The van der Waals surface area contributed by atoms with E-state index in [0.717, 1.165) is 29.6 Å². The van der Waals surface area contributed by atoms with Crippen molar-refractivity contribution in [3.05, 3.63) is 126 Å². The fourth-order valence-corrected chi connectivity index (χ4v) is 4.72. The summed E-state index contributed by atoms with van der Waals surface area (Å²) in [5.41, 5.74) is 2.64. The summed E-state index contributed by atoms with van der Waals surface area (Å²) in [4.78, 5) is 21.6. The number of hydrogen-bond donors (Lipinski definition) is 2. The first kappa shape index (κ1) is 29.1. The third kappa shape index (κ3) is 6.23. The molecule has 8 nitrogen and oxygen atoms in total. The van der Waals surface area contributed by atoms with Gasteiger partial charge in [0.1, 0.15) is 11.5 Å².